The average Bonchev–Trinajstić information content (AvgIpc) is 2.03. The zero-order chi connectivity index (χ0) is 8.10. The maximum atomic E-state index is 9.19. The first kappa shape index (κ1) is 7.88. The number of para-hydroxylation sites is 2. The Labute approximate surface area is 65.6 Å². The normalized spacial score (nSPS) is 9.55. The van der Waals surface area contributed by atoms with Crippen LogP contribution in [-0.2, 0) is 4.84 Å². The molecule has 3 heteroatoms. The molecule has 0 heterocycles. The van der Waals surface area contributed by atoms with E-state index in [9.17, 15) is 5.11 Å². The van der Waals surface area contributed by atoms with Gasteiger partial charge in [-0.05, 0) is 19.1 Å². The zero-order valence-electron chi connectivity index (χ0n) is 6.37. The number of rotatable bonds is 3. The van der Waals surface area contributed by atoms with Crippen LogP contribution in [0.4, 0.5) is 5.69 Å². The van der Waals surface area contributed by atoms with Crippen LogP contribution < -0.4 is 5.48 Å². The van der Waals surface area contributed by atoms with Crippen LogP contribution in [0, 0.1) is 0 Å². The lowest BCUT2D eigenvalue weighted by molar-refractivity contribution is 0.209. The van der Waals surface area contributed by atoms with Gasteiger partial charge in [-0.3, -0.25) is 10.3 Å². The van der Waals surface area contributed by atoms with Gasteiger partial charge < -0.3 is 5.11 Å². The molecule has 0 aromatic heterocycles. The smallest absolute Gasteiger partial charge is 0.140 e. The molecule has 1 aromatic carbocycles. The van der Waals surface area contributed by atoms with Crippen LogP contribution >= 0.6 is 0 Å². The van der Waals surface area contributed by atoms with Crippen molar-refractivity contribution in [3.05, 3.63) is 24.3 Å². The molecule has 3 nitrogen and oxygen atoms in total. The molecule has 1 rings (SSSR count). The van der Waals surface area contributed by atoms with Crippen molar-refractivity contribution in [1.29, 1.82) is 0 Å². The van der Waals surface area contributed by atoms with Crippen LogP contribution in [0.15, 0.2) is 24.3 Å². The van der Waals surface area contributed by atoms with Crippen LogP contribution in [-0.4, -0.2) is 11.7 Å². The summed E-state index contributed by atoms with van der Waals surface area (Å²) in [4.78, 5) is 4.89. The number of anilines is 1. The number of hydrogen-bond donors (Lipinski definition) is 2. The van der Waals surface area contributed by atoms with Gasteiger partial charge in [-0.25, -0.2) is 0 Å². The molecule has 0 bridgehead atoms. The Morgan fingerprint density at radius 1 is 1.45 bits per heavy atom. The second-order valence-electron chi connectivity index (χ2n) is 2.05. The van der Waals surface area contributed by atoms with Gasteiger partial charge in [0, 0.05) is 0 Å². The van der Waals surface area contributed by atoms with Gasteiger partial charge in [-0.2, -0.15) is 0 Å². The van der Waals surface area contributed by atoms with E-state index in [0.717, 1.165) is 0 Å². The minimum absolute atomic E-state index is 0.195. The molecule has 11 heavy (non-hydrogen) atoms. The van der Waals surface area contributed by atoms with Crippen LogP contribution in [0.3, 0.4) is 0 Å². The van der Waals surface area contributed by atoms with Gasteiger partial charge in [0.15, 0.2) is 0 Å². The molecule has 0 aliphatic heterocycles. The standard InChI is InChI=1S/C8H11NO2/c1-2-11-9-7-5-3-4-6-8(7)10/h3-6,9-10H,2H2,1H3. The molecule has 60 valence electrons. The average molecular weight is 153 g/mol. The largest absolute Gasteiger partial charge is 0.506 e. The molecule has 0 aliphatic carbocycles. The Morgan fingerprint density at radius 3 is 2.82 bits per heavy atom. The predicted molar refractivity (Wildman–Crippen MR) is 43.4 cm³/mol. The minimum Gasteiger partial charge on any atom is -0.506 e. The van der Waals surface area contributed by atoms with Crippen LogP contribution in [0.2, 0.25) is 0 Å². The molecule has 0 saturated heterocycles. The maximum absolute atomic E-state index is 9.19. The topological polar surface area (TPSA) is 41.5 Å². The number of benzene rings is 1. The molecule has 2 N–H and O–H groups in total. The van der Waals surface area contributed by atoms with E-state index in [0.29, 0.717) is 12.3 Å². The Balaban J connectivity index is 2.62. The fourth-order valence-corrected chi connectivity index (χ4v) is 0.710. The van der Waals surface area contributed by atoms with Crippen molar-refractivity contribution in [3.8, 4) is 5.75 Å². The highest BCUT2D eigenvalue weighted by atomic mass is 16.6. The van der Waals surface area contributed by atoms with E-state index in [1.54, 1.807) is 18.2 Å². The monoisotopic (exact) mass is 153 g/mol. The lowest BCUT2D eigenvalue weighted by Gasteiger charge is -2.05. The van der Waals surface area contributed by atoms with E-state index in [1.807, 2.05) is 13.0 Å². The van der Waals surface area contributed by atoms with Gasteiger partial charge >= 0.3 is 0 Å². The number of phenols is 1. The Morgan fingerprint density at radius 2 is 2.18 bits per heavy atom. The number of hydrogen-bond acceptors (Lipinski definition) is 3. The van der Waals surface area contributed by atoms with Crippen molar-refractivity contribution < 1.29 is 9.94 Å². The summed E-state index contributed by atoms with van der Waals surface area (Å²) >= 11 is 0. The Kier molecular flexibility index (Phi) is 2.74. The molecule has 0 radical (unpaired) electrons. The van der Waals surface area contributed by atoms with E-state index >= 15 is 0 Å². The van der Waals surface area contributed by atoms with Crippen molar-refractivity contribution in [3.63, 3.8) is 0 Å². The lowest BCUT2D eigenvalue weighted by Crippen LogP contribution is -1.99. The summed E-state index contributed by atoms with van der Waals surface area (Å²) in [7, 11) is 0. The highest BCUT2D eigenvalue weighted by molar-refractivity contribution is 5.53. The highest BCUT2D eigenvalue weighted by Gasteiger charge is 1.95. The van der Waals surface area contributed by atoms with Gasteiger partial charge in [-0.1, -0.05) is 12.1 Å². The van der Waals surface area contributed by atoms with Crippen molar-refractivity contribution in [2.45, 2.75) is 6.92 Å². The molecule has 0 unspecified atom stereocenters. The third-order valence-electron chi connectivity index (χ3n) is 1.23. The molecular weight excluding hydrogens is 142 g/mol. The summed E-state index contributed by atoms with van der Waals surface area (Å²) in [6.45, 7) is 2.43. The van der Waals surface area contributed by atoms with Crippen molar-refractivity contribution >= 4 is 5.69 Å². The van der Waals surface area contributed by atoms with Gasteiger partial charge in [-0.15, -0.1) is 0 Å². The summed E-state index contributed by atoms with van der Waals surface area (Å²) in [5, 5.41) is 9.19. The number of aromatic hydroxyl groups is 1. The third-order valence-corrected chi connectivity index (χ3v) is 1.23. The molecular formula is C8H11NO2. The molecule has 0 spiro atoms. The van der Waals surface area contributed by atoms with E-state index < -0.39 is 0 Å². The highest BCUT2D eigenvalue weighted by Crippen LogP contribution is 2.20. The third kappa shape index (κ3) is 2.13. The van der Waals surface area contributed by atoms with Gasteiger partial charge in [0.05, 0.1) is 6.61 Å². The van der Waals surface area contributed by atoms with Gasteiger partial charge in [0.1, 0.15) is 11.4 Å². The van der Waals surface area contributed by atoms with E-state index in [-0.39, 0.29) is 5.75 Å². The van der Waals surface area contributed by atoms with Gasteiger partial charge in [0.25, 0.3) is 0 Å². The molecule has 1 aromatic rings. The zero-order valence-corrected chi connectivity index (χ0v) is 6.37. The minimum atomic E-state index is 0.195. The Bertz CT molecular complexity index is 225. The number of nitrogens with one attached hydrogen (secondary N) is 1. The first-order chi connectivity index (χ1) is 5.34. The van der Waals surface area contributed by atoms with Crippen LogP contribution in [0.1, 0.15) is 6.92 Å². The lowest BCUT2D eigenvalue weighted by atomic mass is 10.3. The summed E-state index contributed by atoms with van der Waals surface area (Å²) in [5.74, 6) is 0.195. The fourth-order valence-electron chi connectivity index (χ4n) is 0.710. The molecule has 0 fully saturated rings. The second kappa shape index (κ2) is 3.83. The molecule has 0 amide bonds. The predicted octanol–water partition coefficient (Wildman–Crippen LogP) is 1.76. The van der Waals surface area contributed by atoms with Crippen molar-refractivity contribution in [1.82, 2.24) is 0 Å². The summed E-state index contributed by atoms with van der Waals surface area (Å²) in [5.41, 5.74) is 3.20. The summed E-state index contributed by atoms with van der Waals surface area (Å²) in [6, 6.07) is 6.92. The summed E-state index contributed by atoms with van der Waals surface area (Å²) in [6.07, 6.45) is 0. The quantitative estimate of drug-likeness (QED) is 0.513. The SMILES string of the molecule is CCONc1ccccc1O. The van der Waals surface area contributed by atoms with Crippen molar-refractivity contribution in [2.24, 2.45) is 0 Å². The maximum Gasteiger partial charge on any atom is 0.140 e. The Hall–Kier alpha value is -1.22. The first-order valence-corrected chi connectivity index (χ1v) is 3.50. The van der Waals surface area contributed by atoms with E-state index in [1.165, 1.54) is 0 Å². The van der Waals surface area contributed by atoms with Gasteiger partial charge in [0.2, 0.25) is 0 Å². The van der Waals surface area contributed by atoms with Crippen LogP contribution in [0.25, 0.3) is 0 Å². The summed E-state index contributed by atoms with van der Waals surface area (Å²) < 4.78 is 0. The molecule has 0 atom stereocenters. The second-order valence-corrected chi connectivity index (χ2v) is 2.05. The van der Waals surface area contributed by atoms with Crippen molar-refractivity contribution in [2.75, 3.05) is 12.1 Å². The number of phenolic OH excluding ortho intramolecular Hbond substituents is 1. The molecule has 0 saturated carbocycles. The van der Waals surface area contributed by atoms with E-state index in [2.05, 4.69) is 5.48 Å². The molecule has 0 aliphatic rings. The van der Waals surface area contributed by atoms with E-state index in [4.69, 9.17) is 4.84 Å². The van der Waals surface area contributed by atoms with Crippen LogP contribution in [0.5, 0.6) is 5.75 Å². The fraction of sp³-hybridized carbons (Fsp3) is 0.250. The first-order valence-electron chi connectivity index (χ1n) is 3.50.